The molecule has 0 spiro atoms. The largest absolute Gasteiger partial charge is 0.309 e. The molecule has 10 nitrogen and oxygen atoms in total. The van der Waals surface area contributed by atoms with Crippen LogP contribution < -0.4 is 0 Å². The predicted octanol–water partition coefficient (Wildman–Crippen LogP) is 19.0. The smallest absolute Gasteiger partial charge is 0.164 e. The molecule has 0 aliphatic heterocycles. The molecule has 0 N–H and O–H groups in total. The van der Waals surface area contributed by atoms with Gasteiger partial charge in [-0.15, -0.1) is 0 Å². The second-order valence-electron chi connectivity index (χ2n) is 22.1. The van der Waals surface area contributed by atoms with Crippen molar-refractivity contribution >= 4 is 43.6 Å². The molecule has 0 bridgehead atoms. The third-order valence-corrected chi connectivity index (χ3v) is 16.6. The van der Waals surface area contributed by atoms with E-state index in [-0.39, 0.29) is 0 Å². The van der Waals surface area contributed by atoms with Crippen LogP contribution in [-0.4, -0.2) is 39.0 Å². The maximum Gasteiger partial charge on any atom is 0.164 e. The summed E-state index contributed by atoms with van der Waals surface area (Å²) in [5, 5.41) is 24.3. The number of nitrogens with zero attached hydrogens (tertiary/aromatic N) is 10. The van der Waals surface area contributed by atoms with Gasteiger partial charge in [-0.3, -0.25) is 0 Å². The first kappa shape index (κ1) is 52.8. The lowest BCUT2D eigenvalue weighted by atomic mass is 9.88. The maximum absolute atomic E-state index is 10.2. The summed E-state index contributed by atoms with van der Waals surface area (Å²) in [6, 6.07) is 104. The Morgan fingerprint density at radius 1 is 0.222 bits per heavy atom. The van der Waals surface area contributed by atoms with E-state index in [1.165, 1.54) is 0 Å². The predicted molar refractivity (Wildman–Crippen MR) is 360 cm³/mol. The lowest BCUT2D eigenvalue weighted by molar-refractivity contribution is 1.07. The average molecular weight is 1150 g/mol. The van der Waals surface area contributed by atoms with E-state index in [9.17, 15) is 10.5 Å². The van der Waals surface area contributed by atoms with Crippen LogP contribution in [0, 0.1) is 22.7 Å². The van der Waals surface area contributed by atoms with Crippen molar-refractivity contribution in [2.45, 2.75) is 0 Å². The van der Waals surface area contributed by atoms with E-state index < -0.39 is 0 Å². The third-order valence-electron chi connectivity index (χ3n) is 16.6. The quantitative estimate of drug-likeness (QED) is 0.125. The van der Waals surface area contributed by atoms with Gasteiger partial charge in [0.15, 0.2) is 34.9 Å². The van der Waals surface area contributed by atoms with Crippen LogP contribution in [0.4, 0.5) is 0 Å². The number of benzene rings is 12. The molecule has 90 heavy (non-hydrogen) atoms. The number of aromatic nitrogens is 8. The van der Waals surface area contributed by atoms with Gasteiger partial charge in [0, 0.05) is 66.3 Å². The molecule has 0 amide bonds. The van der Waals surface area contributed by atoms with E-state index in [2.05, 4.69) is 143 Å². The summed E-state index contributed by atoms with van der Waals surface area (Å²) in [6.07, 6.45) is 0. The zero-order chi connectivity index (χ0) is 60.1. The number of fused-ring (bicyclic) bond motifs is 6. The molecule has 418 valence electrons. The summed E-state index contributed by atoms with van der Waals surface area (Å²) in [5.41, 5.74) is 17.7. The van der Waals surface area contributed by atoms with Crippen LogP contribution in [-0.2, 0) is 0 Å². The molecule has 0 saturated heterocycles. The highest BCUT2D eigenvalue weighted by molar-refractivity contribution is 6.11. The standard InChI is InChI=1S/C80H48N10/c81-49-51-37-39-73-69(41-51)67-33-17-19-35-71(67)89(73)61-45-57(43-59(47-61)79-85-75(53-21-5-1-6-22-53)83-76(86-79)54-23-7-2-8-24-54)63-29-13-15-31-65(63)66-32-16-14-30-64(66)58-44-60(80-87-77(55-25-9-3-10-26-55)84-78(88-80)56-27-11-4-12-28-56)48-62(46-58)90-72-36-20-18-34-68(72)70-42-52(50-82)38-40-74(70)90/h1-48H. The summed E-state index contributed by atoms with van der Waals surface area (Å²) in [4.78, 5) is 31.3. The van der Waals surface area contributed by atoms with Gasteiger partial charge in [0.25, 0.3) is 0 Å². The molecular weight excluding hydrogens is 1100 g/mol. The molecule has 0 fully saturated rings. The Bertz CT molecular complexity index is 5110. The highest BCUT2D eigenvalue weighted by atomic mass is 15.1. The molecule has 10 heteroatoms. The minimum absolute atomic E-state index is 0.513. The van der Waals surface area contributed by atoms with E-state index in [0.29, 0.717) is 46.1 Å². The fourth-order valence-corrected chi connectivity index (χ4v) is 12.5. The maximum atomic E-state index is 10.2. The number of nitriles is 2. The summed E-state index contributed by atoms with van der Waals surface area (Å²) in [6.45, 7) is 0. The van der Waals surface area contributed by atoms with Gasteiger partial charge in [0.2, 0.25) is 0 Å². The Balaban J connectivity index is 0.941. The van der Waals surface area contributed by atoms with Crippen LogP contribution in [0.5, 0.6) is 0 Å². The molecule has 0 aliphatic rings. The molecule has 0 aliphatic carbocycles. The monoisotopic (exact) mass is 1150 g/mol. The van der Waals surface area contributed by atoms with Crippen LogP contribution in [0.3, 0.4) is 0 Å². The second kappa shape index (κ2) is 22.3. The first-order valence-corrected chi connectivity index (χ1v) is 29.6. The fourth-order valence-electron chi connectivity index (χ4n) is 12.5. The van der Waals surface area contributed by atoms with Crippen molar-refractivity contribution in [1.29, 1.82) is 10.5 Å². The first-order valence-electron chi connectivity index (χ1n) is 29.6. The molecule has 4 heterocycles. The van der Waals surface area contributed by atoms with Crippen LogP contribution >= 0.6 is 0 Å². The van der Waals surface area contributed by atoms with Gasteiger partial charge in [-0.05, 0) is 118 Å². The van der Waals surface area contributed by atoms with E-state index in [0.717, 1.165) is 122 Å². The Labute approximate surface area is 517 Å². The SMILES string of the molecule is N#Cc1ccc2c(c1)c1ccccc1n2-c1cc(-c2nc(-c3ccccc3)nc(-c3ccccc3)n2)cc(-c2ccccc2-c2ccccc2-c2cc(-c3nc(-c4ccccc4)nc(-c4ccccc4)n3)cc(-n3c4ccccc4c4cc(C#N)ccc43)c2)c1. The van der Waals surface area contributed by atoms with Crippen molar-refractivity contribution in [3.63, 3.8) is 0 Å². The van der Waals surface area contributed by atoms with Gasteiger partial charge in [0.1, 0.15) is 0 Å². The summed E-state index contributed by atoms with van der Waals surface area (Å²) >= 11 is 0. The van der Waals surface area contributed by atoms with E-state index >= 15 is 0 Å². The summed E-state index contributed by atoms with van der Waals surface area (Å²) in [5.74, 6) is 3.25. The zero-order valence-corrected chi connectivity index (χ0v) is 48.2. The lowest BCUT2D eigenvalue weighted by Gasteiger charge is -2.19. The number of para-hydroxylation sites is 2. The van der Waals surface area contributed by atoms with Crippen molar-refractivity contribution in [3.05, 3.63) is 302 Å². The number of hydrogen-bond acceptors (Lipinski definition) is 8. The normalized spacial score (nSPS) is 11.3. The Hall–Kier alpha value is -12.8. The molecular formula is C80H48N10. The average Bonchev–Trinajstić information content (AvgIpc) is 1.59. The van der Waals surface area contributed by atoms with Crippen LogP contribution in [0.1, 0.15) is 11.1 Å². The minimum atomic E-state index is 0.513. The Kier molecular flexibility index (Phi) is 13.1. The minimum Gasteiger partial charge on any atom is -0.309 e. The molecule has 0 unspecified atom stereocenters. The van der Waals surface area contributed by atoms with Crippen molar-refractivity contribution in [1.82, 2.24) is 39.0 Å². The first-order chi connectivity index (χ1) is 44.5. The van der Waals surface area contributed by atoms with Gasteiger partial charge < -0.3 is 9.13 Å². The molecule has 16 aromatic rings. The van der Waals surface area contributed by atoms with Gasteiger partial charge in [-0.1, -0.05) is 206 Å². The van der Waals surface area contributed by atoms with Crippen LogP contribution in [0.25, 0.3) is 157 Å². The lowest BCUT2D eigenvalue weighted by Crippen LogP contribution is -2.02. The van der Waals surface area contributed by atoms with Gasteiger partial charge in [0.05, 0.1) is 45.3 Å². The van der Waals surface area contributed by atoms with Gasteiger partial charge >= 0.3 is 0 Å². The summed E-state index contributed by atoms with van der Waals surface area (Å²) in [7, 11) is 0. The summed E-state index contributed by atoms with van der Waals surface area (Å²) < 4.78 is 4.56. The van der Waals surface area contributed by atoms with E-state index in [1.807, 2.05) is 170 Å². The molecule has 0 atom stereocenters. The van der Waals surface area contributed by atoms with E-state index in [1.54, 1.807) is 0 Å². The molecule has 0 saturated carbocycles. The Morgan fingerprint density at radius 3 is 0.844 bits per heavy atom. The van der Waals surface area contributed by atoms with Crippen molar-refractivity contribution in [2.75, 3.05) is 0 Å². The molecule has 12 aromatic carbocycles. The molecule has 16 rings (SSSR count). The topological polar surface area (TPSA) is 135 Å². The molecule has 0 radical (unpaired) electrons. The van der Waals surface area contributed by atoms with Gasteiger partial charge in [-0.25, -0.2) is 29.9 Å². The van der Waals surface area contributed by atoms with E-state index in [4.69, 9.17) is 29.9 Å². The third kappa shape index (κ3) is 9.47. The Morgan fingerprint density at radius 2 is 0.500 bits per heavy atom. The highest BCUT2D eigenvalue weighted by Crippen LogP contribution is 2.44. The fraction of sp³-hybridized carbons (Fsp3) is 0. The number of rotatable bonds is 11. The van der Waals surface area contributed by atoms with Crippen LogP contribution in [0.15, 0.2) is 291 Å². The van der Waals surface area contributed by atoms with Crippen molar-refractivity contribution in [3.8, 4) is 125 Å². The molecule has 4 aromatic heterocycles. The zero-order valence-electron chi connectivity index (χ0n) is 48.2. The van der Waals surface area contributed by atoms with Gasteiger partial charge in [-0.2, -0.15) is 10.5 Å². The second-order valence-corrected chi connectivity index (χ2v) is 22.1. The highest BCUT2D eigenvalue weighted by Gasteiger charge is 2.23. The number of hydrogen-bond donors (Lipinski definition) is 0. The van der Waals surface area contributed by atoms with Crippen molar-refractivity contribution < 1.29 is 0 Å². The van der Waals surface area contributed by atoms with Crippen LogP contribution in [0.2, 0.25) is 0 Å². The van der Waals surface area contributed by atoms with Crippen molar-refractivity contribution in [2.24, 2.45) is 0 Å².